The molecule has 0 amide bonds. The molecule has 0 bridgehead atoms. The number of aryl methyl sites for hydroxylation is 3. The summed E-state index contributed by atoms with van der Waals surface area (Å²) in [5.41, 5.74) is 4.54. The van der Waals surface area contributed by atoms with Crippen molar-refractivity contribution in [1.82, 2.24) is 5.43 Å². The predicted octanol–water partition coefficient (Wildman–Crippen LogP) is 4.24. The van der Waals surface area contributed by atoms with Gasteiger partial charge in [0.15, 0.2) is 0 Å². The molecule has 6 heteroatoms. The fourth-order valence-corrected chi connectivity index (χ4v) is 3.37. The second-order valence-electron chi connectivity index (χ2n) is 5.06. The van der Waals surface area contributed by atoms with Crippen LogP contribution in [0.1, 0.15) is 38.0 Å². The summed E-state index contributed by atoms with van der Waals surface area (Å²) in [5, 5.41) is 0. The molecule has 0 saturated heterocycles. The van der Waals surface area contributed by atoms with Gasteiger partial charge in [-0.15, -0.1) is 11.3 Å². The molecule has 0 saturated carbocycles. The van der Waals surface area contributed by atoms with E-state index >= 15 is 0 Å². The van der Waals surface area contributed by atoms with E-state index in [0.29, 0.717) is 5.56 Å². The topological polar surface area (TPSA) is 38.0 Å². The van der Waals surface area contributed by atoms with Crippen LogP contribution in [0.5, 0.6) is 0 Å². The van der Waals surface area contributed by atoms with Crippen LogP contribution in [0.4, 0.5) is 13.2 Å². The average Bonchev–Trinajstić information content (AvgIpc) is 2.71. The number of nitrogens with one attached hydrogen (secondary N) is 1. The molecule has 2 aromatic rings. The summed E-state index contributed by atoms with van der Waals surface area (Å²) >= 11 is 1.60. The molecule has 0 fully saturated rings. The van der Waals surface area contributed by atoms with Gasteiger partial charge in [0.25, 0.3) is 0 Å². The molecule has 0 radical (unpaired) electrons. The van der Waals surface area contributed by atoms with E-state index < -0.39 is 11.7 Å². The maximum absolute atomic E-state index is 12.7. The highest BCUT2D eigenvalue weighted by molar-refractivity contribution is 7.12. The van der Waals surface area contributed by atoms with E-state index in [1.54, 1.807) is 18.3 Å². The van der Waals surface area contributed by atoms with Gasteiger partial charge in [0.1, 0.15) is 0 Å². The van der Waals surface area contributed by atoms with Gasteiger partial charge in [-0.3, -0.25) is 5.84 Å². The first-order valence-corrected chi connectivity index (χ1v) is 7.26. The highest BCUT2D eigenvalue weighted by Crippen LogP contribution is 2.35. The minimum Gasteiger partial charge on any atom is -0.271 e. The largest absolute Gasteiger partial charge is 0.416 e. The second-order valence-corrected chi connectivity index (χ2v) is 6.34. The van der Waals surface area contributed by atoms with Gasteiger partial charge in [0.2, 0.25) is 0 Å². The van der Waals surface area contributed by atoms with Gasteiger partial charge < -0.3 is 0 Å². The number of hydrogen-bond acceptors (Lipinski definition) is 3. The van der Waals surface area contributed by atoms with Gasteiger partial charge in [-0.25, -0.2) is 5.43 Å². The maximum Gasteiger partial charge on any atom is 0.416 e. The number of thiophene rings is 1. The van der Waals surface area contributed by atoms with Gasteiger partial charge in [-0.05, 0) is 55.7 Å². The van der Waals surface area contributed by atoms with Crippen molar-refractivity contribution in [2.45, 2.75) is 33.0 Å². The third kappa shape index (κ3) is 3.28. The summed E-state index contributed by atoms with van der Waals surface area (Å²) in [4.78, 5) is 2.17. The van der Waals surface area contributed by atoms with Gasteiger partial charge in [-0.1, -0.05) is 6.07 Å². The Morgan fingerprint density at radius 3 is 2.19 bits per heavy atom. The third-order valence-electron chi connectivity index (χ3n) is 3.54. The monoisotopic (exact) mass is 314 g/mol. The minimum atomic E-state index is -4.33. The van der Waals surface area contributed by atoms with Crippen LogP contribution in [-0.4, -0.2) is 0 Å². The summed E-state index contributed by atoms with van der Waals surface area (Å²) in [5.74, 6) is 5.62. The van der Waals surface area contributed by atoms with Gasteiger partial charge in [-0.2, -0.15) is 13.2 Å². The molecular formula is C15H17F3N2S. The van der Waals surface area contributed by atoms with Gasteiger partial charge in [0.05, 0.1) is 11.6 Å². The zero-order valence-corrected chi connectivity index (χ0v) is 12.8. The molecule has 0 aliphatic carbocycles. The van der Waals surface area contributed by atoms with Crippen molar-refractivity contribution in [3.8, 4) is 0 Å². The Hall–Kier alpha value is -1.37. The Kier molecular flexibility index (Phi) is 4.41. The lowest BCUT2D eigenvalue weighted by atomic mass is 9.97. The molecule has 0 aliphatic heterocycles. The third-order valence-corrected chi connectivity index (χ3v) is 4.76. The molecule has 1 aromatic heterocycles. The average molecular weight is 314 g/mol. The lowest BCUT2D eigenvalue weighted by molar-refractivity contribution is -0.137. The Balaban J connectivity index is 2.43. The summed E-state index contributed by atoms with van der Waals surface area (Å²) in [6.45, 7) is 5.68. The fourth-order valence-electron chi connectivity index (χ4n) is 2.25. The van der Waals surface area contributed by atoms with Crippen molar-refractivity contribution in [2.24, 2.45) is 5.84 Å². The van der Waals surface area contributed by atoms with E-state index in [0.717, 1.165) is 28.1 Å². The molecule has 0 spiro atoms. The van der Waals surface area contributed by atoms with Crippen molar-refractivity contribution in [1.29, 1.82) is 0 Å². The van der Waals surface area contributed by atoms with E-state index in [1.807, 2.05) is 19.9 Å². The normalized spacial score (nSPS) is 13.5. The predicted molar refractivity (Wildman–Crippen MR) is 79.1 cm³/mol. The molecule has 1 atom stereocenters. The number of alkyl halides is 3. The molecule has 21 heavy (non-hydrogen) atoms. The molecule has 2 rings (SSSR count). The first-order chi connectivity index (χ1) is 9.74. The van der Waals surface area contributed by atoms with Gasteiger partial charge >= 0.3 is 6.18 Å². The quantitative estimate of drug-likeness (QED) is 0.657. The van der Waals surface area contributed by atoms with E-state index in [9.17, 15) is 13.2 Å². The molecule has 114 valence electrons. The SMILES string of the molecule is Cc1cc(C(F)(F)F)ccc1C(NN)c1cc(C)c(C)s1. The number of rotatable bonds is 3. The lowest BCUT2D eigenvalue weighted by Gasteiger charge is -2.18. The molecule has 2 nitrogen and oxygen atoms in total. The van der Waals surface area contributed by atoms with Crippen molar-refractivity contribution < 1.29 is 13.2 Å². The molecule has 1 aromatic carbocycles. The first-order valence-electron chi connectivity index (χ1n) is 6.45. The van der Waals surface area contributed by atoms with E-state index in [2.05, 4.69) is 5.43 Å². The molecular weight excluding hydrogens is 297 g/mol. The number of hydrazine groups is 1. The summed E-state index contributed by atoms with van der Waals surface area (Å²) in [7, 11) is 0. The zero-order valence-electron chi connectivity index (χ0n) is 12.0. The number of hydrogen-bond donors (Lipinski definition) is 2. The smallest absolute Gasteiger partial charge is 0.271 e. The van der Waals surface area contributed by atoms with Crippen LogP contribution >= 0.6 is 11.3 Å². The van der Waals surface area contributed by atoms with Crippen LogP contribution in [0, 0.1) is 20.8 Å². The van der Waals surface area contributed by atoms with Crippen molar-refractivity contribution >= 4 is 11.3 Å². The minimum absolute atomic E-state index is 0.301. The molecule has 0 aliphatic rings. The summed E-state index contributed by atoms with van der Waals surface area (Å²) < 4.78 is 38.2. The molecule has 1 unspecified atom stereocenters. The number of nitrogens with two attached hydrogens (primary N) is 1. The fraction of sp³-hybridized carbons (Fsp3) is 0.333. The van der Waals surface area contributed by atoms with Crippen molar-refractivity contribution in [2.75, 3.05) is 0 Å². The van der Waals surface area contributed by atoms with Crippen LogP contribution in [0.2, 0.25) is 0 Å². The molecule has 3 N–H and O–H groups in total. The molecule has 1 heterocycles. The highest BCUT2D eigenvalue weighted by Gasteiger charge is 2.31. The summed E-state index contributed by atoms with van der Waals surface area (Å²) in [6.07, 6.45) is -4.33. The Bertz CT molecular complexity index is 627. The van der Waals surface area contributed by atoms with Gasteiger partial charge in [0, 0.05) is 9.75 Å². The van der Waals surface area contributed by atoms with Crippen molar-refractivity contribution in [3.63, 3.8) is 0 Å². The van der Waals surface area contributed by atoms with Crippen LogP contribution in [0.15, 0.2) is 24.3 Å². The maximum atomic E-state index is 12.7. The lowest BCUT2D eigenvalue weighted by Crippen LogP contribution is -2.28. The van der Waals surface area contributed by atoms with Crippen LogP contribution in [0.3, 0.4) is 0 Å². The summed E-state index contributed by atoms with van der Waals surface area (Å²) in [6, 6.07) is 5.46. The number of benzene rings is 1. The van der Waals surface area contributed by atoms with E-state index in [1.165, 1.54) is 10.9 Å². The van der Waals surface area contributed by atoms with Crippen LogP contribution in [0.25, 0.3) is 0 Å². The van der Waals surface area contributed by atoms with Crippen molar-refractivity contribution in [3.05, 3.63) is 56.3 Å². The Morgan fingerprint density at radius 1 is 1.10 bits per heavy atom. The second kappa shape index (κ2) is 5.79. The Morgan fingerprint density at radius 2 is 1.76 bits per heavy atom. The van der Waals surface area contributed by atoms with Crippen LogP contribution < -0.4 is 11.3 Å². The standard InChI is InChI=1S/C15H17F3N2S/c1-8-7-13(21-10(8)3)14(20-19)12-5-4-11(6-9(12)2)15(16,17)18/h4-7,14,20H,19H2,1-3H3. The Labute approximate surface area is 125 Å². The zero-order chi connectivity index (χ0) is 15.8. The highest BCUT2D eigenvalue weighted by atomic mass is 32.1. The first kappa shape index (κ1) is 16.0. The van der Waals surface area contributed by atoms with E-state index in [-0.39, 0.29) is 6.04 Å². The van der Waals surface area contributed by atoms with Crippen LogP contribution in [-0.2, 0) is 6.18 Å². The van der Waals surface area contributed by atoms with E-state index in [4.69, 9.17) is 5.84 Å². The number of halogens is 3.